The lowest BCUT2D eigenvalue weighted by molar-refractivity contribution is -0.0175. The van der Waals surface area contributed by atoms with Crippen molar-refractivity contribution < 1.29 is 9.53 Å². The maximum Gasteiger partial charge on any atom is 0.321 e. The number of nitrogens with zero attached hydrogens (tertiary/aromatic N) is 4. The molecule has 2 aliphatic rings. The van der Waals surface area contributed by atoms with Crippen LogP contribution in [0.1, 0.15) is 31.4 Å². The number of aromatic nitrogens is 3. The minimum atomic E-state index is -0.0343. The molecule has 4 rings (SSSR count). The maximum absolute atomic E-state index is 12.7. The molecule has 7 heteroatoms. The summed E-state index contributed by atoms with van der Waals surface area (Å²) in [6.07, 6.45) is 9.67. The van der Waals surface area contributed by atoms with E-state index in [4.69, 9.17) is 4.74 Å². The van der Waals surface area contributed by atoms with Gasteiger partial charge in [-0.2, -0.15) is 5.10 Å². The standard InChI is InChI=1S/C19H25N5O2/c25-18(23-9-3-5-19(15-23)6-10-26-11-7-19)22-17-12-21-24(14-17)13-16-4-1-2-8-20-16/h1-2,4,8,12,14H,3,5-7,9-11,13,15H2,(H,22,25). The highest BCUT2D eigenvalue weighted by Crippen LogP contribution is 2.39. The van der Waals surface area contributed by atoms with Crippen LogP contribution >= 0.6 is 0 Å². The largest absolute Gasteiger partial charge is 0.381 e. The Kier molecular flexibility index (Phi) is 4.88. The number of rotatable bonds is 3. The summed E-state index contributed by atoms with van der Waals surface area (Å²) in [4.78, 5) is 18.9. The zero-order valence-electron chi connectivity index (χ0n) is 14.9. The summed E-state index contributed by atoms with van der Waals surface area (Å²) in [5, 5.41) is 7.31. The molecule has 0 aliphatic carbocycles. The van der Waals surface area contributed by atoms with Crippen molar-refractivity contribution in [3.63, 3.8) is 0 Å². The molecule has 26 heavy (non-hydrogen) atoms. The fourth-order valence-corrected chi connectivity index (χ4v) is 3.97. The topological polar surface area (TPSA) is 72.3 Å². The minimum absolute atomic E-state index is 0.0343. The molecule has 4 heterocycles. The molecule has 0 atom stereocenters. The molecule has 2 saturated heterocycles. The van der Waals surface area contributed by atoms with Crippen LogP contribution in [-0.4, -0.2) is 52.0 Å². The average Bonchev–Trinajstić information content (AvgIpc) is 3.10. The van der Waals surface area contributed by atoms with E-state index < -0.39 is 0 Å². The van der Waals surface area contributed by atoms with E-state index >= 15 is 0 Å². The molecule has 0 aromatic carbocycles. The van der Waals surface area contributed by atoms with Gasteiger partial charge in [0, 0.05) is 38.7 Å². The van der Waals surface area contributed by atoms with Gasteiger partial charge in [0.25, 0.3) is 0 Å². The number of hydrogen-bond acceptors (Lipinski definition) is 4. The van der Waals surface area contributed by atoms with Gasteiger partial charge in [-0.1, -0.05) is 6.07 Å². The second kappa shape index (κ2) is 7.45. The van der Waals surface area contributed by atoms with Crippen molar-refractivity contribution in [3.8, 4) is 0 Å². The first-order valence-electron chi connectivity index (χ1n) is 9.29. The molecule has 7 nitrogen and oxygen atoms in total. The van der Waals surface area contributed by atoms with E-state index in [1.54, 1.807) is 17.1 Å². The molecule has 0 radical (unpaired) electrons. The first kappa shape index (κ1) is 17.0. The van der Waals surface area contributed by atoms with Crippen LogP contribution in [0.2, 0.25) is 0 Å². The highest BCUT2D eigenvalue weighted by molar-refractivity contribution is 5.89. The van der Waals surface area contributed by atoms with E-state index in [2.05, 4.69) is 15.4 Å². The van der Waals surface area contributed by atoms with Gasteiger partial charge in [0.05, 0.1) is 24.1 Å². The van der Waals surface area contributed by atoms with Crippen LogP contribution in [0.15, 0.2) is 36.8 Å². The van der Waals surface area contributed by atoms with E-state index in [9.17, 15) is 4.79 Å². The summed E-state index contributed by atoms with van der Waals surface area (Å²) in [5.74, 6) is 0. The third kappa shape index (κ3) is 3.88. The average molecular weight is 355 g/mol. The molecular formula is C19H25N5O2. The lowest BCUT2D eigenvalue weighted by Crippen LogP contribution is -2.49. The van der Waals surface area contributed by atoms with Crippen molar-refractivity contribution in [2.24, 2.45) is 5.41 Å². The Morgan fingerprint density at radius 3 is 2.96 bits per heavy atom. The number of hydrogen-bond donors (Lipinski definition) is 1. The van der Waals surface area contributed by atoms with Crippen LogP contribution in [-0.2, 0) is 11.3 Å². The molecule has 1 N–H and O–H groups in total. The Morgan fingerprint density at radius 2 is 2.15 bits per heavy atom. The Bertz CT molecular complexity index is 734. The quantitative estimate of drug-likeness (QED) is 0.919. The molecule has 0 saturated carbocycles. The minimum Gasteiger partial charge on any atom is -0.381 e. The summed E-state index contributed by atoms with van der Waals surface area (Å²) in [7, 11) is 0. The van der Waals surface area contributed by atoms with Gasteiger partial charge in [-0.05, 0) is 43.2 Å². The molecule has 2 aliphatic heterocycles. The highest BCUT2D eigenvalue weighted by atomic mass is 16.5. The summed E-state index contributed by atoms with van der Waals surface area (Å²) >= 11 is 0. The Morgan fingerprint density at radius 1 is 1.27 bits per heavy atom. The van der Waals surface area contributed by atoms with Gasteiger partial charge in [-0.15, -0.1) is 0 Å². The van der Waals surface area contributed by atoms with E-state index in [1.165, 1.54) is 6.42 Å². The van der Waals surface area contributed by atoms with Crippen LogP contribution in [0.4, 0.5) is 10.5 Å². The van der Waals surface area contributed by atoms with Gasteiger partial charge >= 0.3 is 6.03 Å². The van der Waals surface area contributed by atoms with Gasteiger partial charge < -0.3 is 15.0 Å². The summed E-state index contributed by atoms with van der Waals surface area (Å²) in [6, 6.07) is 5.77. The Balaban J connectivity index is 1.36. The van der Waals surface area contributed by atoms with E-state index in [-0.39, 0.29) is 11.4 Å². The summed E-state index contributed by atoms with van der Waals surface area (Å²) in [5.41, 5.74) is 1.90. The van der Waals surface area contributed by atoms with Gasteiger partial charge in [0.1, 0.15) is 0 Å². The number of nitrogens with one attached hydrogen (secondary N) is 1. The molecule has 2 aromatic rings. The van der Waals surface area contributed by atoms with Crippen LogP contribution in [0.5, 0.6) is 0 Å². The van der Waals surface area contributed by atoms with Crippen LogP contribution in [0, 0.1) is 5.41 Å². The number of carbonyl (C=O) groups excluding carboxylic acids is 1. The zero-order valence-corrected chi connectivity index (χ0v) is 14.9. The molecule has 1 spiro atoms. The predicted octanol–water partition coefficient (Wildman–Crippen LogP) is 2.75. The molecule has 2 amide bonds. The first-order valence-corrected chi connectivity index (χ1v) is 9.29. The SMILES string of the molecule is O=C(Nc1cnn(Cc2ccccn2)c1)N1CCCC2(CCOCC2)C1. The van der Waals surface area contributed by atoms with Crippen molar-refractivity contribution in [1.29, 1.82) is 0 Å². The second-order valence-corrected chi connectivity index (χ2v) is 7.32. The van der Waals surface area contributed by atoms with Crippen molar-refractivity contribution >= 4 is 11.7 Å². The smallest absolute Gasteiger partial charge is 0.321 e. The van der Waals surface area contributed by atoms with Gasteiger partial charge in [-0.3, -0.25) is 9.67 Å². The lowest BCUT2D eigenvalue weighted by Gasteiger charge is -2.44. The van der Waals surface area contributed by atoms with Gasteiger partial charge in [0.15, 0.2) is 0 Å². The normalized spacial score (nSPS) is 19.5. The Labute approximate surface area is 153 Å². The number of likely N-dealkylation sites (tertiary alicyclic amines) is 1. The van der Waals surface area contributed by atoms with Crippen LogP contribution in [0.25, 0.3) is 0 Å². The number of carbonyl (C=O) groups is 1. The van der Waals surface area contributed by atoms with E-state index in [1.807, 2.05) is 29.3 Å². The van der Waals surface area contributed by atoms with Crippen molar-refractivity contribution in [1.82, 2.24) is 19.7 Å². The number of ether oxygens (including phenoxy) is 1. The molecule has 138 valence electrons. The lowest BCUT2D eigenvalue weighted by atomic mass is 9.74. The fourth-order valence-electron chi connectivity index (χ4n) is 3.97. The number of urea groups is 1. The molecule has 2 aromatic heterocycles. The predicted molar refractivity (Wildman–Crippen MR) is 97.9 cm³/mol. The maximum atomic E-state index is 12.7. The van der Waals surface area contributed by atoms with E-state index in [0.29, 0.717) is 6.54 Å². The molecular weight excluding hydrogens is 330 g/mol. The fraction of sp³-hybridized carbons (Fsp3) is 0.526. The Hall–Kier alpha value is -2.41. The second-order valence-electron chi connectivity index (χ2n) is 7.32. The summed E-state index contributed by atoms with van der Waals surface area (Å²) in [6.45, 7) is 3.86. The van der Waals surface area contributed by atoms with Crippen LogP contribution < -0.4 is 5.32 Å². The van der Waals surface area contributed by atoms with Crippen molar-refractivity contribution in [2.45, 2.75) is 32.2 Å². The van der Waals surface area contributed by atoms with Gasteiger partial charge in [0.2, 0.25) is 0 Å². The van der Waals surface area contributed by atoms with E-state index in [0.717, 1.165) is 56.9 Å². The first-order chi connectivity index (χ1) is 12.7. The highest BCUT2D eigenvalue weighted by Gasteiger charge is 2.38. The van der Waals surface area contributed by atoms with Crippen LogP contribution in [0.3, 0.4) is 0 Å². The molecule has 2 fully saturated rings. The molecule has 0 unspecified atom stereocenters. The molecule has 0 bridgehead atoms. The monoisotopic (exact) mass is 355 g/mol. The third-order valence-electron chi connectivity index (χ3n) is 5.44. The number of pyridine rings is 1. The third-order valence-corrected chi connectivity index (χ3v) is 5.44. The van der Waals surface area contributed by atoms with Crippen molar-refractivity contribution in [2.75, 3.05) is 31.6 Å². The summed E-state index contributed by atoms with van der Waals surface area (Å²) < 4.78 is 7.29. The number of piperidine rings is 1. The van der Waals surface area contributed by atoms with Crippen molar-refractivity contribution in [3.05, 3.63) is 42.5 Å². The number of amides is 2. The number of anilines is 1. The van der Waals surface area contributed by atoms with Gasteiger partial charge in [-0.25, -0.2) is 4.79 Å². The zero-order chi connectivity index (χ0) is 17.8.